The Kier molecular flexibility index (Phi) is 15.0. The van der Waals surface area contributed by atoms with Gasteiger partial charge in [0.15, 0.2) is 0 Å². The molecule has 0 saturated heterocycles. The summed E-state index contributed by atoms with van der Waals surface area (Å²) in [4.78, 5) is 0. The lowest BCUT2D eigenvalue weighted by Crippen LogP contribution is -2.54. The molecular formula is C18H42N3S+. The predicted molar refractivity (Wildman–Crippen MR) is 104 cm³/mol. The molecule has 0 aromatic heterocycles. The SMILES string of the molecule is CCCN(CCC)[S+](N(CCC)CCC)N(CCC)CCC. The van der Waals surface area contributed by atoms with Gasteiger partial charge in [-0.05, 0) is 38.5 Å². The first kappa shape index (κ1) is 22.2. The maximum absolute atomic E-state index is 2.76. The van der Waals surface area contributed by atoms with E-state index in [-0.39, 0.29) is 11.5 Å². The average Bonchev–Trinajstić information content (AvgIpc) is 2.49. The topological polar surface area (TPSA) is 9.72 Å². The van der Waals surface area contributed by atoms with Crippen molar-refractivity contribution in [2.24, 2.45) is 0 Å². The van der Waals surface area contributed by atoms with Crippen LogP contribution in [0.1, 0.15) is 80.1 Å². The van der Waals surface area contributed by atoms with Crippen LogP contribution in [0.5, 0.6) is 0 Å². The second-order valence-corrected chi connectivity index (χ2v) is 8.07. The minimum atomic E-state index is 0.163. The molecular weight excluding hydrogens is 290 g/mol. The van der Waals surface area contributed by atoms with E-state index in [1.807, 2.05) is 0 Å². The normalized spacial score (nSPS) is 12.3. The Morgan fingerprint density at radius 3 is 0.727 bits per heavy atom. The molecule has 0 radical (unpaired) electrons. The summed E-state index contributed by atoms with van der Waals surface area (Å²) < 4.78 is 8.28. The van der Waals surface area contributed by atoms with Crippen molar-refractivity contribution in [3.63, 3.8) is 0 Å². The van der Waals surface area contributed by atoms with Gasteiger partial charge in [-0.1, -0.05) is 54.5 Å². The molecule has 0 fully saturated rings. The molecule has 0 aliphatic rings. The van der Waals surface area contributed by atoms with Crippen LogP contribution in [0.2, 0.25) is 0 Å². The van der Waals surface area contributed by atoms with E-state index in [0.29, 0.717) is 0 Å². The molecule has 0 N–H and O–H groups in total. The molecule has 4 heteroatoms. The van der Waals surface area contributed by atoms with Crippen LogP contribution < -0.4 is 0 Å². The first-order valence-electron chi connectivity index (χ1n) is 9.69. The summed E-state index contributed by atoms with van der Waals surface area (Å²) in [6, 6.07) is 0. The van der Waals surface area contributed by atoms with Crippen molar-refractivity contribution < 1.29 is 0 Å². The highest BCUT2D eigenvalue weighted by Crippen LogP contribution is 2.20. The van der Waals surface area contributed by atoms with Crippen molar-refractivity contribution in [2.75, 3.05) is 39.3 Å². The van der Waals surface area contributed by atoms with Gasteiger partial charge < -0.3 is 0 Å². The fourth-order valence-electron chi connectivity index (χ4n) is 2.81. The molecule has 0 unspecified atom stereocenters. The van der Waals surface area contributed by atoms with Gasteiger partial charge in [0, 0.05) is 39.3 Å². The van der Waals surface area contributed by atoms with Gasteiger partial charge in [-0.25, -0.2) is 0 Å². The highest BCUT2D eigenvalue weighted by Gasteiger charge is 2.41. The molecule has 0 aromatic carbocycles. The van der Waals surface area contributed by atoms with Crippen LogP contribution in [0, 0.1) is 0 Å². The summed E-state index contributed by atoms with van der Waals surface area (Å²) in [5.41, 5.74) is 0. The molecule has 0 saturated carbocycles. The Hall–Kier alpha value is 0.230. The van der Waals surface area contributed by atoms with Crippen molar-refractivity contribution in [3.8, 4) is 0 Å². The van der Waals surface area contributed by atoms with Crippen LogP contribution in [-0.2, 0) is 11.5 Å². The van der Waals surface area contributed by atoms with E-state index in [0.717, 1.165) is 0 Å². The Balaban J connectivity index is 5.34. The molecule has 0 bridgehead atoms. The van der Waals surface area contributed by atoms with Crippen molar-refractivity contribution in [3.05, 3.63) is 0 Å². The maximum atomic E-state index is 2.76. The molecule has 0 amide bonds. The van der Waals surface area contributed by atoms with Crippen molar-refractivity contribution in [2.45, 2.75) is 80.1 Å². The zero-order chi connectivity index (χ0) is 16.8. The third-order valence-electron chi connectivity index (χ3n) is 3.53. The van der Waals surface area contributed by atoms with Gasteiger partial charge in [0.25, 0.3) is 11.5 Å². The molecule has 0 aliphatic heterocycles. The molecule has 0 atom stereocenters. The lowest BCUT2D eigenvalue weighted by Gasteiger charge is -2.33. The summed E-state index contributed by atoms with van der Waals surface area (Å²) >= 11 is 0.163. The highest BCUT2D eigenvalue weighted by molar-refractivity contribution is 7.90. The lowest BCUT2D eigenvalue weighted by molar-refractivity contribution is 0.328. The number of rotatable bonds is 15. The van der Waals surface area contributed by atoms with Crippen molar-refractivity contribution >= 4 is 11.5 Å². The first-order chi connectivity index (χ1) is 10.7. The van der Waals surface area contributed by atoms with Crippen LogP contribution in [0.4, 0.5) is 0 Å². The molecule has 134 valence electrons. The van der Waals surface area contributed by atoms with E-state index in [4.69, 9.17) is 0 Å². The van der Waals surface area contributed by atoms with Crippen LogP contribution in [0.25, 0.3) is 0 Å². The van der Waals surface area contributed by atoms with E-state index >= 15 is 0 Å². The predicted octanol–water partition coefficient (Wildman–Crippen LogP) is 4.72. The van der Waals surface area contributed by atoms with Gasteiger partial charge in [-0.15, -0.1) is 0 Å². The second kappa shape index (κ2) is 14.8. The third kappa shape index (κ3) is 8.19. The summed E-state index contributed by atoms with van der Waals surface area (Å²) in [6.07, 6.45) is 7.51. The minimum absolute atomic E-state index is 0.163. The molecule has 22 heavy (non-hydrogen) atoms. The van der Waals surface area contributed by atoms with Crippen LogP contribution in [-0.4, -0.2) is 52.2 Å². The van der Waals surface area contributed by atoms with Gasteiger partial charge >= 0.3 is 0 Å². The van der Waals surface area contributed by atoms with E-state index in [9.17, 15) is 0 Å². The lowest BCUT2D eigenvalue weighted by atomic mass is 10.4. The molecule has 3 nitrogen and oxygen atoms in total. The van der Waals surface area contributed by atoms with E-state index < -0.39 is 0 Å². The van der Waals surface area contributed by atoms with Gasteiger partial charge in [0.2, 0.25) is 0 Å². The monoisotopic (exact) mass is 332 g/mol. The number of hydrogen-bond acceptors (Lipinski definition) is 3. The Labute approximate surface area is 144 Å². The maximum Gasteiger partial charge on any atom is 0.268 e. The largest absolute Gasteiger partial charge is 0.268 e. The molecule has 0 aliphatic carbocycles. The van der Waals surface area contributed by atoms with Crippen LogP contribution >= 0.6 is 0 Å². The Bertz CT molecular complexity index is 182. The van der Waals surface area contributed by atoms with Gasteiger partial charge in [-0.2, -0.15) is 0 Å². The highest BCUT2D eigenvalue weighted by atomic mass is 32.2. The van der Waals surface area contributed by atoms with Crippen LogP contribution in [0.15, 0.2) is 0 Å². The number of nitrogens with zero attached hydrogens (tertiary/aromatic N) is 3. The van der Waals surface area contributed by atoms with Gasteiger partial charge in [0.05, 0.1) is 0 Å². The van der Waals surface area contributed by atoms with E-state index in [2.05, 4.69) is 54.5 Å². The molecule has 0 heterocycles. The Morgan fingerprint density at radius 2 is 0.591 bits per heavy atom. The van der Waals surface area contributed by atoms with Gasteiger partial charge in [0.1, 0.15) is 0 Å². The summed E-state index contributed by atoms with van der Waals surface area (Å²) in [6.45, 7) is 21.3. The smallest absolute Gasteiger partial charge is 0.0881 e. The fourth-order valence-corrected chi connectivity index (χ4v) is 5.87. The average molecular weight is 333 g/mol. The standard InChI is InChI=1S/C18H42N3S/c1-7-13-19(14-8-2)22(20(15-9-3)16-10-4)21(17-11-5)18-12-6/h7-18H2,1-6H3/q+1. The van der Waals surface area contributed by atoms with Crippen molar-refractivity contribution in [1.29, 1.82) is 0 Å². The zero-order valence-corrected chi connectivity index (χ0v) is 17.1. The first-order valence-corrected chi connectivity index (χ1v) is 10.8. The molecule has 0 rings (SSSR count). The molecule has 0 aromatic rings. The Morgan fingerprint density at radius 1 is 0.409 bits per heavy atom. The summed E-state index contributed by atoms with van der Waals surface area (Å²) in [5.74, 6) is 0. The molecule has 0 spiro atoms. The second-order valence-electron chi connectivity index (χ2n) is 6.03. The summed E-state index contributed by atoms with van der Waals surface area (Å²) in [7, 11) is 0. The zero-order valence-electron chi connectivity index (χ0n) is 16.2. The van der Waals surface area contributed by atoms with E-state index in [1.54, 1.807) is 0 Å². The van der Waals surface area contributed by atoms with Gasteiger partial charge in [-0.3, -0.25) is 0 Å². The quantitative estimate of drug-likeness (QED) is 0.402. The van der Waals surface area contributed by atoms with Crippen molar-refractivity contribution in [1.82, 2.24) is 12.9 Å². The van der Waals surface area contributed by atoms with Crippen LogP contribution in [0.3, 0.4) is 0 Å². The summed E-state index contributed by atoms with van der Waals surface area (Å²) in [5, 5.41) is 0. The minimum Gasteiger partial charge on any atom is -0.0881 e. The van der Waals surface area contributed by atoms with E-state index in [1.165, 1.54) is 77.8 Å². The number of hydrogen-bond donors (Lipinski definition) is 0. The fraction of sp³-hybridized carbons (Fsp3) is 1.00. The third-order valence-corrected chi connectivity index (χ3v) is 6.01.